The minimum atomic E-state index is -0.256. The SMILES string of the molecule is Cc1nc(NC(=O)c2sc3ccccc3c2Cl)c(C)c(C)c1OCc1ccccc1. The summed E-state index contributed by atoms with van der Waals surface area (Å²) in [6, 6.07) is 17.7. The number of thiophene rings is 1. The minimum absolute atomic E-state index is 0.256. The average Bonchev–Trinajstić information content (AvgIpc) is 3.09. The first-order chi connectivity index (χ1) is 14.5. The second-order valence-corrected chi connectivity index (χ2v) is 8.52. The van der Waals surface area contributed by atoms with E-state index in [9.17, 15) is 4.79 Å². The van der Waals surface area contributed by atoms with Gasteiger partial charge in [0.1, 0.15) is 23.1 Å². The first kappa shape index (κ1) is 20.4. The van der Waals surface area contributed by atoms with Gasteiger partial charge < -0.3 is 10.1 Å². The molecule has 30 heavy (non-hydrogen) atoms. The van der Waals surface area contributed by atoms with Gasteiger partial charge in [0.2, 0.25) is 0 Å². The number of halogens is 1. The second-order valence-electron chi connectivity index (χ2n) is 7.09. The Kier molecular flexibility index (Phi) is 5.75. The van der Waals surface area contributed by atoms with Gasteiger partial charge in [-0.3, -0.25) is 4.79 Å². The number of benzene rings is 2. The third-order valence-electron chi connectivity index (χ3n) is 5.07. The normalized spacial score (nSPS) is 10.9. The van der Waals surface area contributed by atoms with Crippen molar-refractivity contribution >= 4 is 44.7 Å². The molecule has 0 aliphatic rings. The molecule has 2 heterocycles. The van der Waals surface area contributed by atoms with Gasteiger partial charge in [-0.15, -0.1) is 11.3 Å². The van der Waals surface area contributed by atoms with Crippen molar-refractivity contribution in [2.45, 2.75) is 27.4 Å². The first-order valence-electron chi connectivity index (χ1n) is 9.58. The Hall–Kier alpha value is -2.89. The van der Waals surface area contributed by atoms with Crippen molar-refractivity contribution in [2.75, 3.05) is 5.32 Å². The fourth-order valence-corrected chi connectivity index (χ4v) is 4.72. The molecule has 1 N–H and O–H groups in total. The van der Waals surface area contributed by atoms with Crippen LogP contribution in [0.1, 0.15) is 32.1 Å². The number of nitrogens with zero attached hydrogens (tertiary/aromatic N) is 1. The summed E-state index contributed by atoms with van der Waals surface area (Å²) in [5.41, 5.74) is 3.64. The first-order valence-corrected chi connectivity index (χ1v) is 10.8. The summed E-state index contributed by atoms with van der Waals surface area (Å²) in [7, 11) is 0. The summed E-state index contributed by atoms with van der Waals surface area (Å²) in [6.07, 6.45) is 0. The molecule has 4 nitrogen and oxygen atoms in total. The molecule has 6 heteroatoms. The van der Waals surface area contributed by atoms with Crippen LogP contribution in [0.25, 0.3) is 10.1 Å². The summed E-state index contributed by atoms with van der Waals surface area (Å²) in [5, 5.41) is 4.29. The molecular formula is C24H21ClN2O2S. The molecule has 0 spiro atoms. The molecule has 2 aromatic heterocycles. The fraction of sp³-hybridized carbons (Fsp3) is 0.167. The molecular weight excluding hydrogens is 416 g/mol. The number of amides is 1. The van der Waals surface area contributed by atoms with E-state index in [1.54, 1.807) is 0 Å². The van der Waals surface area contributed by atoms with Crippen LogP contribution in [-0.2, 0) is 6.61 Å². The number of ether oxygens (including phenoxy) is 1. The Bertz CT molecular complexity index is 1240. The van der Waals surface area contributed by atoms with E-state index >= 15 is 0 Å². The number of nitrogens with one attached hydrogen (secondary N) is 1. The van der Waals surface area contributed by atoms with E-state index in [0.717, 1.165) is 38.2 Å². The van der Waals surface area contributed by atoms with Gasteiger partial charge in [0.25, 0.3) is 5.91 Å². The highest BCUT2D eigenvalue weighted by atomic mass is 35.5. The summed E-state index contributed by atoms with van der Waals surface area (Å²) in [6.45, 7) is 6.26. The highest BCUT2D eigenvalue weighted by Gasteiger charge is 2.20. The van der Waals surface area contributed by atoms with E-state index in [1.807, 2.05) is 75.4 Å². The van der Waals surface area contributed by atoms with Gasteiger partial charge in [-0.05, 0) is 43.5 Å². The van der Waals surface area contributed by atoms with E-state index in [4.69, 9.17) is 16.3 Å². The molecule has 4 rings (SSSR count). The van der Waals surface area contributed by atoms with Crippen LogP contribution < -0.4 is 10.1 Å². The zero-order valence-electron chi connectivity index (χ0n) is 17.0. The van der Waals surface area contributed by atoms with Gasteiger partial charge in [0.05, 0.1) is 10.7 Å². The standard InChI is InChI=1S/C24H21ClN2O2S/c1-14-15(2)23(26-16(3)21(14)29-13-17-9-5-4-6-10-17)27-24(28)22-20(25)18-11-7-8-12-19(18)30-22/h4-12H,13H2,1-3H3,(H,26,27,28). The monoisotopic (exact) mass is 436 g/mol. The minimum Gasteiger partial charge on any atom is -0.487 e. The zero-order valence-corrected chi connectivity index (χ0v) is 18.5. The topological polar surface area (TPSA) is 51.2 Å². The van der Waals surface area contributed by atoms with Crippen molar-refractivity contribution in [3.8, 4) is 5.75 Å². The lowest BCUT2D eigenvalue weighted by Crippen LogP contribution is -2.15. The molecule has 0 unspecified atom stereocenters. The zero-order chi connectivity index (χ0) is 21.3. The molecule has 0 radical (unpaired) electrons. The Morgan fingerprint density at radius 1 is 1.03 bits per heavy atom. The lowest BCUT2D eigenvalue weighted by atomic mass is 10.1. The lowest BCUT2D eigenvalue weighted by Gasteiger charge is -2.17. The number of fused-ring (bicyclic) bond motifs is 1. The predicted molar refractivity (Wildman–Crippen MR) is 124 cm³/mol. The quantitative estimate of drug-likeness (QED) is 0.378. The fourth-order valence-electron chi connectivity index (χ4n) is 3.31. The molecule has 0 fully saturated rings. The van der Waals surface area contributed by atoms with Crippen LogP contribution in [-0.4, -0.2) is 10.9 Å². The van der Waals surface area contributed by atoms with Gasteiger partial charge in [0.15, 0.2) is 0 Å². The van der Waals surface area contributed by atoms with Crippen LogP contribution in [0.5, 0.6) is 5.75 Å². The van der Waals surface area contributed by atoms with Gasteiger partial charge >= 0.3 is 0 Å². The maximum Gasteiger partial charge on any atom is 0.268 e. The van der Waals surface area contributed by atoms with Gasteiger partial charge in [-0.25, -0.2) is 4.98 Å². The van der Waals surface area contributed by atoms with E-state index < -0.39 is 0 Å². The molecule has 0 aliphatic heterocycles. The van der Waals surface area contributed by atoms with Crippen LogP contribution in [0.4, 0.5) is 5.82 Å². The number of carbonyl (C=O) groups is 1. The second kappa shape index (κ2) is 8.46. The number of aryl methyl sites for hydroxylation is 1. The van der Waals surface area contributed by atoms with E-state index in [2.05, 4.69) is 10.3 Å². The van der Waals surface area contributed by atoms with E-state index in [0.29, 0.717) is 22.3 Å². The molecule has 0 saturated heterocycles. The summed E-state index contributed by atoms with van der Waals surface area (Å²) < 4.78 is 7.02. The number of anilines is 1. The Balaban J connectivity index is 1.58. The molecule has 1 amide bonds. The van der Waals surface area contributed by atoms with Crippen LogP contribution in [0.15, 0.2) is 54.6 Å². The molecule has 4 aromatic rings. The molecule has 0 atom stereocenters. The number of pyridine rings is 1. The highest BCUT2D eigenvalue weighted by molar-refractivity contribution is 7.21. The smallest absolute Gasteiger partial charge is 0.268 e. The van der Waals surface area contributed by atoms with Crippen LogP contribution in [0, 0.1) is 20.8 Å². The van der Waals surface area contributed by atoms with E-state index in [1.165, 1.54) is 11.3 Å². The number of hydrogen-bond donors (Lipinski definition) is 1. The largest absolute Gasteiger partial charge is 0.487 e. The third kappa shape index (κ3) is 3.91. The summed E-state index contributed by atoms with van der Waals surface area (Å²) in [5.74, 6) is 1.01. The van der Waals surface area contributed by atoms with Crippen LogP contribution in [0.2, 0.25) is 5.02 Å². The van der Waals surface area contributed by atoms with Crippen LogP contribution in [0.3, 0.4) is 0 Å². The molecule has 152 valence electrons. The number of aromatic nitrogens is 1. The third-order valence-corrected chi connectivity index (χ3v) is 6.74. The Morgan fingerprint density at radius 2 is 1.73 bits per heavy atom. The molecule has 2 aromatic carbocycles. The molecule has 0 aliphatic carbocycles. The van der Waals surface area contributed by atoms with E-state index in [-0.39, 0.29) is 5.91 Å². The van der Waals surface area contributed by atoms with Crippen molar-refractivity contribution in [1.82, 2.24) is 4.98 Å². The predicted octanol–water partition coefficient (Wildman–Crippen LogP) is 6.71. The maximum atomic E-state index is 12.9. The summed E-state index contributed by atoms with van der Waals surface area (Å²) >= 11 is 7.83. The maximum absolute atomic E-state index is 12.9. The number of carbonyl (C=O) groups excluding carboxylic acids is 1. The van der Waals surface area contributed by atoms with Crippen LogP contribution >= 0.6 is 22.9 Å². The number of rotatable bonds is 5. The van der Waals surface area contributed by atoms with Crippen molar-refractivity contribution in [3.05, 3.63) is 86.9 Å². The lowest BCUT2D eigenvalue weighted by molar-refractivity contribution is 0.103. The van der Waals surface area contributed by atoms with Gasteiger partial charge in [-0.2, -0.15) is 0 Å². The Labute approximate surface area is 184 Å². The number of hydrogen-bond acceptors (Lipinski definition) is 4. The molecule has 0 bridgehead atoms. The van der Waals surface area contributed by atoms with Crippen molar-refractivity contribution in [3.63, 3.8) is 0 Å². The van der Waals surface area contributed by atoms with Crippen molar-refractivity contribution in [2.24, 2.45) is 0 Å². The molecule has 0 saturated carbocycles. The highest BCUT2D eigenvalue weighted by Crippen LogP contribution is 2.36. The summed E-state index contributed by atoms with van der Waals surface area (Å²) in [4.78, 5) is 18.0. The van der Waals surface area contributed by atoms with Crippen molar-refractivity contribution < 1.29 is 9.53 Å². The average molecular weight is 437 g/mol. The van der Waals surface area contributed by atoms with Gasteiger partial charge in [-0.1, -0.05) is 60.1 Å². The Morgan fingerprint density at radius 3 is 2.47 bits per heavy atom. The van der Waals surface area contributed by atoms with Gasteiger partial charge in [0, 0.05) is 10.1 Å². The van der Waals surface area contributed by atoms with Crippen molar-refractivity contribution in [1.29, 1.82) is 0 Å².